The van der Waals surface area contributed by atoms with Crippen molar-refractivity contribution in [1.82, 2.24) is 24.2 Å². The van der Waals surface area contributed by atoms with E-state index < -0.39 is 0 Å². The Morgan fingerprint density at radius 2 is 2.09 bits per heavy atom. The molecule has 1 atom stereocenters. The van der Waals surface area contributed by atoms with Crippen LogP contribution in [0.4, 0.5) is 0 Å². The molecule has 1 aliphatic rings. The zero-order chi connectivity index (χ0) is 16.6. The summed E-state index contributed by atoms with van der Waals surface area (Å²) in [4.78, 5) is 30.3. The molecule has 7 heteroatoms. The van der Waals surface area contributed by atoms with E-state index in [9.17, 15) is 9.59 Å². The summed E-state index contributed by atoms with van der Waals surface area (Å²) in [7, 11) is 1.65. The maximum atomic E-state index is 12.7. The summed E-state index contributed by atoms with van der Waals surface area (Å²) in [5, 5.41) is 4.45. The third kappa shape index (κ3) is 3.04. The standard InChI is InChI=1S/C16H21N5O2/c1-11-17-12(2)21(18-11)14-5-4-8-20(10-14)16(23)13-6-7-15(22)19(3)9-13/h6-7,9,14H,4-5,8,10H2,1-3H3/t14-/m1/s1. The van der Waals surface area contributed by atoms with Crippen molar-refractivity contribution in [1.29, 1.82) is 0 Å². The molecule has 0 aliphatic carbocycles. The van der Waals surface area contributed by atoms with E-state index in [1.54, 1.807) is 19.3 Å². The highest BCUT2D eigenvalue weighted by Crippen LogP contribution is 2.23. The molecule has 1 amide bonds. The first-order valence-electron chi connectivity index (χ1n) is 7.81. The Morgan fingerprint density at radius 3 is 2.74 bits per heavy atom. The molecular weight excluding hydrogens is 294 g/mol. The number of pyridine rings is 1. The summed E-state index contributed by atoms with van der Waals surface area (Å²) >= 11 is 0. The highest BCUT2D eigenvalue weighted by molar-refractivity contribution is 5.94. The number of hydrogen-bond donors (Lipinski definition) is 0. The number of carbonyl (C=O) groups excluding carboxylic acids is 1. The predicted octanol–water partition coefficient (Wildman–Crippen LogP) is 1.07. The van der Waals surface area contributed by atoms with E-state index in [0.29, 0.717) is 12.1 Å². The lowest BCUT2D eigenvalue weighted by molar-refractivity contribution is 0.0670. The van der Waals surface area contributed by atoms with Crippen molar-refractivity contribution < 1.29 is 4.79 Å². The van der Waals surface area contributed by atoms with Gasteiger partial charge in [0, 0.05) is 32.4 Å². The van der Waals surface area contributed by atoms with Gasteiger partial charge in [-0.25, -0.2) is 9.67 Å². The maximum Gasteiger partial charge on any atom is 0.255 e. The molecule has 0 aromatic carbocycles. The van der Waals surface area contributed by atoms with E-state index in [1.165, 1.54) is 10.6 Å². The van der Waals surface area contributed by atoms with Gasteiger partial charge in [0.25, 0.3) is 5.91 Å². The van der Waals surface area contributed by atoms with Gasteiger partial charge in [-0.15, -0.1) is 0 Å². The molecule has 0 radical (unpaired) electrons. The van der Waals surface area contributed by atoms with E-state index in [2.05, 4.69) is 10.1 Å². The number of rotatable bonds is 2. The smallest absolute Gasteiger partial charge is 0.255 e. The molecule has 3 rings (SSSR count). The van der Waals surface area contributed by atoms with Crippen LogP contribution in [0.1, 0.15) is 40.9 Å². The van der Waals surface area contributed by atoms with Gasteiger partial charge in [-0.3, -0.25) is 9.59 Å². The average molecular weight is 315 g/mol. The Bertz CT molecular complexity index is 792. The molecule has 0 saturated carbocycles. The molecule has 1 fully saturated rings. The quantitative estimate of drug-likeness (QED) is 0.831. The highest BCUT2D eigenvalue weighted by Gasteiger charge is 2.27. The molecule has 7 nitrogen and oxygen atoms in total. The van der Waals surface area contributed by atoms with Crippen LogP contribution in [0.5, 0.6) is 0 Å². The van der Waals surface area contributed by atoms with Gasteiger partial charge in [0.1, 0.15) is 11.6 Å². The Kier molecular flexibility index (Phi) is 4.02. The van der Waals surface area contributed by atoms with E-state index in [0.717, 1.165) is 31.0 Å². The summed E-state index contributed by atoms with van der Waals surface area (Å²) in [6.07, 6.45) is 3.51. The van der Waals surface area contributed by atoms with Gasteiger partial charge >= 0.3 is 0 Å². The monoisotopic (exact) mass is 315 g/mol. The first-order valence-corrected chi connectivity index (χ1v) is 7.81. The summed E-state index contributed by atoms with van der Waals surface area (Å²) in [5.41, 5.74) is 0.422. The van der Waals surface area contributed by atoms with Crippen LogP contribution in [0.25, 0.3) is 0 Å². The number of amides is 1. The van der Waals surface area contributed by atoms with Gasteiger partial charge in [0.15, 0.2) is 0 Å². The Balaban J connectivity index is 1.80. The molecule has 0 spiro atoms. The van der Waals surface area contributed by atoms with Gasteiger partial charge in [0.2, 0.25) is 5.56 Å². The minimum atomic E-state index is -0.119. The topological polar surface area (TPSA) is 73.0 Å². The third-order valence-electron chi connectivity index (χ3n) is 4.27. The molecule has 0 N–H and O–H groups in total. The lowest BCUT2D eigenvalue weighted by Gasteiger charge is -2.33. The van der Waals surface area contributed by atoms with Gasteiger partial charge < -0.3 is 9.47 Å². The van der Waals surface area contributed by atoms with Crippen molar-refractivity contribution in [2.45, 2.75) is 32.7 Å². The van der Waals surface area contributed by atoms with Crippen LogP contribution in [0.15, 0.2) is 23.1 Å². The first-order chi connectivity index (χ1) is 11.0. The zero-order valence-corrected chi connectivity index (χ0v) is 13.7. The van der Waals surface area contributed by atoms with Crippen LogP contribution >= 0.6 is 0 Å². The van der Waals surface area contributed by atoms with Crippen molar-refractivity contribution >= 4 is 5.91 Å². The van der Waals surface area contributed by atoms with Gasteiger partial charge in [-0.05, 0) is 32.8 Å². The van der Waals surface area contributed by atoms with Crippen LogP contribution in [0.3, 0.4) is 0 Å². The fourth-order valence-corrected chi connectivity index (χ4v) is 3.12. The minimum absolute atomic E-state index is 0.0419. The van der Waals surface area contributed by atoms with Gasteiger partial charge in [0.05, 0.1) is 11.6 Å². The van der Waals surface area contributed by atoms with Crippen LogP contribution < -0.4 is 5.56 Å². The molecule has 23 heavy (non-hydrogen) atoms. The number of likely N-dealkylation sites (tertiary alicyclic amines) is 1. The Hall–Kier alpha value is -2.44. The van der Waals surface area contributed by atoms with Crippen LogP contribution in [0.2, 0.25) is 0 Å². The van der Waals surface area contributed by atoms with E-state index >= 15 is 0 Å². The number of hydrogen-bond acceptors (Lipinski definition) is 4. The van der Waals surface area contributed by atoms with E-state index in [1.807, 2.05) is 23.4 Å². The predicted molar refractivity (Wildman–Crippen MR) is 85.4 cm³/mol. The minimum Gasteiger partial charge on any atom is -0.336 e. The Labute approximate surface area is 134 Å². The fraction of sp³-hybridized carbons (Fsp3) is 0.500. The first kappa shape index (κ1) is 15.5. The molecule has 3 heterocycles. The average Bonchev–Trinajstić information content (AvgIpc) is 2.88. The third-order valence-corrected chi connectivity index (χ3v) is 4.27. The van der Waals surface area contributed by atoms with Crippen molar-refractivity contribution in [3.05, 3.63) is 45.9 Å². The number of nitrogens with zero attached hydrogens (tertiary/aromatic N) is 5. The number of aromatic nitrogens is 4. The lowest BCUT2D eigenvalue weighted by atomic mass is 10.0. The molecular formula is C16H21N5O2. The molecule has 0 bridgehead atoms. The van der Waals surface area contributed by atoms with E-state index in [4.69, 9.17) is 0 Å². The summed E-state index contributed by atoms with van der Waals surface area (Å²) in [6, 6.07) is 3.18. The second-order valence-electron chi connectivity index (χ2n) is 6.06. The molecule has 1 aliphatic heterocycles. The van der Waals surface area contributed by atoms with Crippen molar-refractivity contribution in [2.75, 3.05) is 13.1 Å². The second-order valence-corrected chi connectivity index (χ2v) is 6.06. The molecule has 0 unspecified atom stereocenters. The van der Waals surface area contributed by atoms with Crippen LogP contribution in [-0.2, 0) is 7.05 Å². The van der Waals surface area contributed by atoms with Crippen LogP contribution in [-0.4, -0.2) is 43.2 Å². The number of piperidine rings is 1. The van der Waals surface area contributed by atoms with Crippen molar-refractivity contribution in [2.24, 2.45) is 7.05 Å². The van der Waals surface area contributed by atoms with Gasteiger partial charge in [-0.1, -0.05) is 0 Å². The van der Waals surface area contributed by atoms with Crippen molar-refractivity contribution in [3.8, 4) is 0 Å². The SMILES string of the molecule is Cc1nc(C)n([C@@H]2CCCN(C(=O)c3ccc(=O)n(C)c3)C2)n1. The van der Waals surface area contributed by atoms with E-state index in [-0.39, 0.29) is 17.5 Å². The largest absolute Gasteiger partial charge is 0.336 e. The summed E-state index contributed by atoms with van der Waals surface area (Å²) in [5.74, 6) is 1.59. The maximum absolute atomic E-state index is 12.7. The van der Waals surface area contributed by atoms with Crippen LogP contribution in [0, 0.1) is 13.8 Å². The zero-order valence-electron chi connectivity index (χ0n) is 13.7. The molecule has 1 saturated heterocycles. The fourth-order valence-electron chi connectivity index (χ4n) is 3.12. The summed E-state index contributed by atoms with van der Waals surface area (Å²) in [6.45, 7) is 5.16. The lowest BCUT2D eigenvalue weighted by Crippen LogP contribution is -2.41. The Morgan fingerprint density at radius 1 is 1.30 bits per heavy atom. The number of carbonyl (C=O) groups is 1. The molecule has 2 aromatic heterocycles. The second kappa shape index (κ2) is 5.98. The summed E-state index contributed by atoms with van der Waals surface area (Å²) < 4.78 is 3.36. The normalized spacial score (nSPS) is 18.2. The molecule has 122 valence electrons. The van der Waals surface area contributed by atoms with Gasteiger partial charge in [-0.2, -0.15) is 5.10 Å². The highest BCUT2D eigenvalue weighted by atomic mass is 16.2. The number of aryl methyl sites for hydroxylation is 3. The van der Waals surface area contributed by atoms with Crippen molar-refractivity contribution in [3.63, 3.8) is 0 Å². The molecule has 2 aromatic rings.